The third-order valence-electron chi connectivity index (χ3n) is 5.27. The molecule has 0 unspecified atom stereocenters. The number of benzene rings is 1. The van der Waals surface area contributed by atoms with Crippen molar-refractivity contribution < 1.29 is 27.1 Å². The summed E-state index contributed by atoms with van der Waals surface area (Å²) in [5, 5.41) is 0. The molecular formula is C24H36F4O2. The molecule has 0 aliphatic carbocycles. The van der Waals surface area contributed by atoms with Gasteiger partial charge in [0.1, 0.15) is 0 Å². The quantitative estimate of drug-likeness (QED) is 0.0812. The number of unbranched alkanes of at least 4 members (excludes halogenated alkanes) is 14. The minimum absolute atomic E-state index is 0.0464. The summed E-state index contributed by atoms with van der Waals surface area (Å²) in [5.74, 6) is -8.78. The first-order chi connectivity index (χ1) is 14.5. The number of carbonyl (C=O) groups excluding carboxylic acids is 1. The van der Waals surface area contributed by atoms with Crippen molar-refractivity contribution in [1.82, 2.24) is 0 Å². The van der Waals surface area contributed by atoms with E-state index >= 15 is 0 Å². The lowest BCUT2D eigenvalue weighted by Crippen LogP contribution is -2.11. The van der Waals surface area contributed by atoms with Gasteiger partial charge in [0.15, 0.2) is 11.6 Å². The third kappa shape index (κ3) is 11.0. The lowest BCUT2D eigenvalue weighted by atomic mass is 10.0. The van der Waals surface area contributed by atoms with Gasteiger partial charge in [0.05, 0.1) is 0 Å². The molecule has 0 aromatic heterocycles. The zero-order valence-electron chi connectivity index (χ0n) is 18.2. The van der Waals surface area contributed by atoms with Crippen LogP contribution in [0.2, 0.25) is 0 Å². The van der Waals surface area contributed by atoms with Crippen molar-refractivity contribution in [3.8, 4) is 5.75 Å². The Morgan fingerprint density at radius 3 is 1.43 bits per heavy atom. The van der Waals surface area contributed by atoms with Crippen LogP contribution in [-0.2, 0) is 4.79 Å². The first kappa shape index (κ1) is 26.4. The molecular weight excluding hydrogens is 396 g/mol. The van der Waals surface area contributed by atoms with Crippen LogP contribution in [0.1, 0.15) is 110 Å². The molecule has 0 aliphatic heterocycles. The highest BCUT2D eigenvalue weighted by Crippen LogP contribution is 2.27. The molecule has 0 radical (unpaired) electrons. The van der Waals surface area contributed by atoms with Crippen LogP contribution in [-0.4, -0.2) is 5.97 Å². The maximum Gasteiger partial charge on any atom is 0.311 e. The van der Waals surface area contributed by atoms with Crippen molar-refractivity contribution in [1.29, 1.82) is 0 Å². The van der Waals surface area contributed by atoms with E-state index in [1.165, 1.54) is 70.6 Å². The lowest BCUT2D eigenvalue weighted by molar-refractivity contribution is -0.135. The van der Waals surface area contributed by atoms with Gasteiger partial charge < -0.3 is 4.74 Å². The van der Waals surface area contributed by atoms with Gasteiger partial charge in [-0.2, -0.15) is 8.78 Å². The van der Waals surface area contributed by atoms with E-state index in [2.05, 4.69) is 11.7 Å². The Balaban J connectivity index is 1.99. The van der Waals surface area contributed by atoms with Crippen molar-refractivity contribution >= 4 is 5.97 Å². The number of hydrogen-bond acceptors (Lipinski definition) is 2. The molecule has 0 bridgehead atoms. The van der Waals surface area contributed by atoms with E-state index in [0.29, 0.717) is 6.42 Å². The summed E-state index contributed by atoms with van der Waals surface area (Å²) in [7, 11) is 0. The van der Waals surface area contributed by atoms with Gasteiger partial charge in [-0.15, -0.1) is 0 Å². The molecule has 1 aromatic carbocycles. The van der Waals surface area contributed by atoms with Gasteiger partial charge in [-0.05, 0) is 6.42 Å². The number of carbonyl (C=O) groups is 1. The Kier molecular flexibility index (Phi) is 14.2. The van der Waals surface area contributed by atoms with Crippen molar-refractivity contribution in [2.45, 2.75) is 110 Å². The summed E-state index contributed by atoms with van der Waals surface area (Å²) < 4.78 is 57.6. The highest BCUT2D eigenvalue weighted by Gasteiger charge is 2.22. The van der Waals surface area contributed by atoms with Gasteiger partial charge in [-0.1, -0.05) is 96.8 Å². The van der Waals surface area contributed by atoms with Gasteiger partial charge in [-0.3, -0.25) is 4.79 Å². The van der Waals surface area contributed by atoms with Crippen LogP contribution in [0, 0.1) is 23.3 Å². The number of halogens is 4. The van der Waals surface area contributed by atoms with Gasteiger partial charge >= 0.3 is 5.97 Å². The SMILES string of the molecule is CCCCCCCCCCCCCCCCCC(=O)Oc1c(F)c(F)cc(F)c1F. The smallest absolute Gasteiger partial charge is 0.311 e. The van der Waals surface area contributed by atoms with Gasteiger partial charge in [0.25, 0.3) is 0 Å². The second-order valence-electron chi connectivity index (χ2n) is 7.97. The van der Waals surface area contributed by atoms with E-state index in [0.717, 1.165) is 19.3 Å². The molecule has 0 amide bonds. The Morgan fingerprint density at radius 1 is 0.667 bits per heavy atom. The zero-order valence-corrected chi connectivity index (χ0v) is 18.2. The van der Waals surface area contributed by atoms with Crippen LogP contribution in [0.25, 0.3) is 0 Å². The number of esters is 1. The van der Waals surface area contributed by atoms with E-state index in [1.807, 2.05) is 0 Å². The normalized spacial score (nSPS) is 11.1. The minimum Gasteiger partial charge on any atom is -0.420 e. The molecule has 0 atom stereocenters. The monoisotopic (exact) mass is 432 g/mol. The van der Waals surface area contributed by atoms with Gasteiger partial charge in [0.2, 0.25) is 17.4 Å². The van der Waals surface area contributed by atoms with E-state index in [-0.39, 0.29) is 12.5 Å². The highest BCUT2D eigenvalue weighted by atomic mass is 19.2. The molecule has 0 fully saturated rings. The molecule has 2 nitrogen and oxygen atoms in total. The summed E-state index contributed by atoms with van der Waals surface area (Å²) in [6, 6.07) is 0.0800. The second-order valence-corrected chi connectivity index (χ2v) is 7.97. The van der Waals surface area contributed by atoms with Crippen molar-refractivity contribution in [2.75, 3.05) is 0 Å². The third-order valence-corrected chi connectivity index (χ3v) is 5.27. The maximum atomic E-state index is 13.5. The molecule has 1 aromatic rings. The average molecular weight is 433 g/mol. The first-order valence-electron chi connectivity index (χ1n) is 11.5. The zero-order chi connectivity index (χ0) is 22.2. The second kappa shape index (κ2) is 16.1. The number of ether oxygens (including phenoxy) is 1. The van der Waals surface area contributed by atoms with E-state index < -0.39 is 35.0 Å². The Morgan fingerprint density at radius 2 is 1.03 bits per heavy atom. The molecule has 6 heteroatoms. The van der Waals surface area contributed by atoms with Crippen LogP contribution < -0.4 is 4.74 Å². The molecule has 0 heterocycles. The lowest BCUT2D eigenvalue weighted by Gasteiger charge is -2.08. The molecule has 0 aliphatic rings. The van der Waals surface area contributed by atoms with Crippen molar-refractivity contribution in [3.63, 3.8) is 0 Å². The number of hydrogen-bond donors (Lipinski definition) is 0. The summed E-state index contributed by atoms with van der Waals surface area (Å²) in [6.07, 6.45) is 17.7. The average Bonchev–Trinajstić information content (AvgIpc) is 2.72. The van der Waals surface area contributed by atoms with E-state index in [4.69, 9.17) is 0 Å². The molecule has 0 saturated carbocycles. The first-order valence-corrected chi connectivity index (χ1v) is 11.5. The fraction of sp³-hybridized carbons (Fsp3) is 0.708. The van der Waals surface area contributed by atoms with Crippen LogP contribution in [0.4, 0.5) is 17.6 Å². The molecule has 172 valence electrons. The molecule has 0 saturated heterocycles. The summed E-state index contributed by atoms with van der Waals surface area (Å²) >= 11 is 0. The standard InChI is InChI=1S/C24H36F4O2/c1-2-3-4-5-6-7-8-9-10-11-12-13-14-15-16-17-21(29)30-24-22(27)19(25)18-20(26)23(24)28/h18H,2-17H2,1H3. The summed E-state index contributed by atoms with van der Waals surface area (Å²) in [4.78, 5) is 11.7. The van der Waals surface area contributed by atoms with Crippen LogP contribution in [0.5, 0.6) is 5.75 Å². The minimum atomic E-state index is -1.70. The highest BCUT2D eigenvalue weighted by molar-refractivity contribution is 5.72. The Bertz CT molecular complexity index is 593. The van der Waals surface area contributed by atoms with E-state index in [9.17, 15) is 22.4 Å². The molecule has 30 heavy (non-hydrogen) atoms. The summed E-state index contributed by atoms with van der Waals surface area (Å²) in [6.45, 7) is 2.23. The van der Waals surface area contributed by atoms with Crippen LogP contribution >= 0.6 is 0 Å². The van der Waals surface area contributed by atoms with Gasteiger partial charge in [-0.25, -0.2) is 8.78 Å². The Labute approximate surface area is 178 Å². The van der Waals surface area contributed by atoms with Crippen LogP contribution in [0.3, 0.4) is 0 Å². The maximum absolute atomic E-state index is 13.5. The Hall–Kier alpha value is -1.59. The van der Waals surface area contributed by atoms with E-state index in [1.54, 1.807) is 0 Å². The van der Waals surface area contributed by atoms with Crippen LogP contribution in [0.15, 0.2) is 6.07 Å². The number of rotatable bonds is 17. The fourth-order valence-corrected chi connectivity index (χ4v) is 3.45. The topological polar surface area (TPSA) is 26.3 Å². The fourth-order valence-electron chi connectivity index (χ4n) is 3.45. The molecule has 0 spiro atoms. The summed E-state index contributed by atoms with van der Waals surface area (Å²) in [5.41, 5.74) is 0. The van der Waals surface area contributed by atoms with Gasteiger partial charge in [0, 0.05) is 12.5 Å². The molecule has 0 N–H and O–H groups in total. The predicted octanol–water partition coefficient (Wildman–Crippen LogP) is 8.41. The largest absolute Gasteiger partial charge is 0.420 e. The predicted molar refractivity (Wildman–Crippen MR) is 111 cm³/mol. The molecule has 1 rings (SSSR count). The van der Waals surface area contributed by atoms with Crippen molar-refractivity contribution in [2.24, 2.45) is 0 Å². The van der Waals surface area contributed by atoms with Crippen molar-refractivity contribution in [3.05, 3.63) is 29.3 Å².